The van der Waals surface area contributed by atoms with Gasteiger partial charge in [0.05, 0.1) is 21.8 Å². The van der Waals surface area contributed by atoms with E-state index in [9.17, 15) is 17.6 Å². The molecule has 1 aliphatic heterocycles. The van der Waals surface area contributed by atoms with Gasteiger partial charge in [0.2, 0.25) is 10.0 Å². The van der Waals surface area contributed by atoms with Crippen molar-refractivity contribution in [2.45, 2.75) is 63.6 Å². The molecule has 0 spiro atoms. The zero-order valence-corrected chi connectivity index (χ0v) is 25.1. The number of hydrogen-bond acceptors (Lipinski definition) is 7. The lowest BCUT2D eigenvalue weighted by Gasteiger charge is -2.42. The normalized spacial score (nSPS) is 15.5. The van der Waals surface area contributed by atoms with Crippen LogP contribution in [0.5, 0.6) is 0 Å². The third-order valence-electron chi connectivity index (χ3n) is 7.71. The number of rotatable bonds is 10. The molecule has 12 heteroatoms. The van der Waals surface area contributed by atoms with Crippen molar-refractivity contribution in [1.29, 1.82) is 0 Å². The Balaban J connectivity index is 1.40. The van der Waals surface area contributed by atoms with Crippen LogP contribution in [0.15, 0.2) is 53.7 Å². The first-order chi connectivity index (χ1) is 19.4. The van der Waals surface area contributed by atoms with Crippen molar-refractivity contribution in [3.05, 3.63) is 82.1 Å². The highest BCUT2D eigenvalue weighted by Gasteiger charge is 2.28. The molecule has 0 radical (unpaired) electrons. The highest BCUT2D eigenvalue weighted by molar-refractivity contribution is 7.89. The number of benzene rings is 2. The van der Waals surface area contributed by atoms with Crippen molar-refractivity contribution < 1.29 is 17.6 Å². The standard InChI is InChI=1S/C29H36ClFN6O3S/c1-19(10-13-33-29(38)28-20(2)34-18-35-21(28)3)36-14-11-25(12-15-36)37(17-22-16-23(30)4-9-27(22)31)24-5-7-26(8-6-24)41(32,39)40/h4-9,16,18-19,25H,10-15,17H2,1-3H3,(H,33,38)(H2,32,39,40). The fourth-order valence-electron chi connectivity index (χ4n) is 5.33. The Kier molecular flexibility index (Phi) is 9.96. The average molecular weight is 603 g/mol. The lowest BCUT2D eigenvalue weighted by atomic mass is 9.99. The Morgan fingerprint density at radius 2 is 1.78 bits per heavy atom. The van der Waals surface area contributed by atoms with E-state index in [0.717, 1.165) is 38.0 Å². The van der Waals surface area contributed by atoms with Crippen molar-refractivity contribution in [2.24, 2.45) is 5.14 Å². The van der Waals surface area contributed by atoms with Crippen molar-refractivity contribution >= 4 is 33.2 Å². The van der Waals surface area contributed by atoms with Gasteiger partial charge >= 0.3 is 0 Å². The quantitative estimate of drug-likeness (QED) is 0.356. The van der Waals surface area contributed by atoms with Gasteiger partial charge in [-0.1, -0.05) is 11.6 Å². The van der Waals surface area contributed by atoms with Crippen molar-refractivity contribution in [3.63, 3.8) is 0 Å². The molecule has 1 fully saturated rings. The molecule has 9 nitrogen and oxygen atoms in total. The van der Waals surface area contributed by atoms with E-state index in [1.165, 1.54) is 30.6 Å². The summed E-state index contributed by atoms with van der Waals surface area (Å²) in [6.07, 6.45) is 3.90. The summed E-state index contributed by atoms with van der Waals surface area (Å²) in [5.74, 6) is -0.509. The van der Waals surface area contributed by atoms with Crippen LogP contribution in [0.3, 0.4) is 0 Å². The van der Waals surface area contributed by atoms with Gasteiger partial charge < -0.3 is 15.1 Å². The Morgan fingerprint density at radius 1 is 1.15 bits per heavy atom. The molecule has 2 aromatic carbocycles. The van der Waals surface area contributed by atoms with E-state index < -0.39 is 10.0 Å². The Bertz CT molecular complexity index is 1460. The summed E-state index contributed by atoms with van der Waals surface area (Å²) in [5.41, 5.74) is 3.09. The third-order valence-corrected chi connectivity index (χ3v) is 8.87. The van der Waals surface area contributed by atoms with Gasteiger partial charge in [-0.05, 0) is 82.5 Å². The van der Waals surface area contributed by atoms with Gasteiger partial charge in [0.25, 0.3) is 5.91 Å². The number of aryl methyl sites for hydroxylation is 2. The second-order valence-corrected chi connectivity index (χ2v) is 12.5. The largest absolute Gasteiger partial charge is 0.364 e. The molecule has 0 bridgehead atoms. The Morgan fingerprint density at radius 3 is 2.39 bits per heavy atom. The van der Waals surface area contributed by atoms with Crippen LogP contribution in [0.4, 0.5) is 10.1 Å². The van der Waals surface area contributed by atoms with E-state index in [2.05, 4.69) is 32.0 Å². The molecule has 3 N–H and O–H groups in total. The summed E-state index contributed by atoms with van der Waals surface area (Å²) in [4.78, 5) is 25.5. The van der Waals surface area contributed by atoms with Crippen LogP contribution < -0.4 is 15.4 Å². The SMILES string of the molecule is Cc1ncnc(C)c1C(=O)NCCC(C)N1CCC(N(Cc2cc(Cl)ccc2F)c2ccc(S(N)(=O)=O)cc2)CC1. The van der Waals surface area contributed by atoms with E-state index in [-0.39, 0.29) is 35.2 Å². The minimum absolute atomic E-state index is 0.0241. The zero-order valence-electron chi connectivity index (χ0n) is 23.5. The van der Waals surface area contributed by atoms with Crippen molar-refractivity contribution in [3.8, 4) is 0 Å². The fraction of sp³-hybridized carbons (Fsp3) is 0.414. The number of hydrogen-bond donors (Lipinski definition) is 2. The number of carbonyl (C=O) groups excluding carboxylic acids is 1. The lowest BCUT2D eigenvalue weighted by Crippen LogP contribution is -2.48. The van der Waals surface area contributed by atoms with Crippen molar-refractivity contribution in [1.82, 2.24) is 20.2 Å². The van der Waals surface area contributed by atoms with Crippen LogP contribution in [0.1, 0.15) is 53.5 Å². The maximum atomic E-state index is 14.7. The molecule has 0 saturated carbocycles. The number of halogens is 2. The van der Waals surface area contributed by atoms with Crippen LogP contribution in [0.25, 0.3) is 0 Å². The monoisotopic (exact) mass is 602 g/mol. The van der Waals surface area contributed by atoms with Crippen LogP contribution in [0.2, 0.25) is 5.02 Å². The van der Waals surface area contributed by atoms with E-state index in [4.69, 9.17) is 16.7 Å². The molecule has 1 unspecified atom stereocenters. The van der Waals surface area contributed by atoms with Gasteiger partial charge in [0.1, 0.15) is 12.1 Å². The van der Waals surface area contributed by atoms with E-state index in [1.807, 2.05) is 0 Å². The number of sulfonamides is 1. The molecular formula is C29H36ClFN6O3S. The number of carbonyl (C=O) groups is 1. The second kappa shape index (κ2) is 13.2. The summed E-state index contributed by atoms with van der Waals surface area (Å²) in [5, 5.41) is 8.73. The summed E-state index contributed by atoms with van der Waals surface area (Å²) in [7, 11) is -3.83. The number of primary sulfonamides is 1. The maximum absolute atomic E-state index is 14.7. The van der Waals surface area contributed by atoms with E-state index in [0.29, 0.717) is 34.1 Å². The van der Waals surface area contributed by atoms with Gasteiger partial charge in [-0.15, -0.1) is 0 Å². The topological polar surface area (TPSA) is 122 Å². The first-order valence-corrected chi connectivity index (χ1v) is 15.5. The Hall–Kier alpha value is -3.12. The van der Waals surface area contributed by atoms with Crippen LogP contribution in [-0.4, -0.2) is 60.9 Å². The average Bonchev–Trinajstić information content (AvgIpc) is 2.93. The number of aromatic nitrogens is 2. The van der Waals surface area contributed by atoms with Gasteiger partial charge in [-0.25, -0.2) is 27.9 Å². The number of anilines is 1. The number of nitrogens with two attached hydrogens (primary N) is 1. The van der Waals surface area contributed by atoms with E-state index >= 15 is 0 Å². The van der Waals surface area contributed by atoms with Crippen LogP contribution in [-0.2, 0) is 16.6 Å². The Labute approximate surface area is 246 Å². The molecule has 41 heavy (non-hydrogen) atoms. The summed E-state index contributed by atoms with van der Waals surface area (Å²) in [6.45, 7) is 8.23. The highest BCUT2D eigenvalue weighted by Crippen LogP contribution is 2.29. The van der Waals surface area contributed by atoms with Crippen LogP contribution in [0, 0.1) is 19.7 Å². The predicted molar refractivity (Wildman–Crippen MR) is 158 cm³/mol. The van der Waals surface area contributed by atoms with Crippen LogP contribution >= 0.6 is 11.6 Å². The summed E-state index contributed by atoms with van der Waals surface area (Å²) in [6, 6.07) is 11.2. The minimum atomic E-state index is -3.83. The molecule has 1 atom stereocenters. The molecular weight excluding hydrogens is 567 g/mol. The summed E-state index contributed by atoms with van der Waals surface area (Å²) >= 11 is 6.16. The molecule has 1 saturated heterocycles. The zero-order chi connectivity index (χ0) is 29.7. The molecule has 1 amide bonds. The number of amides is 1. The van der Waals surface area contributed by atoms with E-state index in [1.54, 1.807) is 32.0 Å². The first-order valence-electron chi connectivity index (χ1n) is 13.6. The van der Waals surface area contributed by atoms with Gasteiger partial charge in [-0.2, -0.15) is 0 Å². The molecule has 220 valence electrons. The minimum Gasteiger partial charge on any atom is -0.364 e. The fourth-order valence-corrected chi connectivity index (χ4v) is 6.04. The van der Waals surface area contributed by atoms with Gasteiger partial charge in [-0.3, -0.25) is 4.79 Å². The second-order valence-electron chi connectivity index (χ2n) is 10.5. The molecule has 1 aliphatic rings. The predicted octanol–water partition coefficient (Wildman–Crippen LogP) is 4.21. The van der Waals surface area contributed by atoms with Gasteiger partial charge in [0, 0.05) is 54.5 Å². The molecule has 0 aliphatic carbocycles. The number of likely N-dealkylation sites (tertiary alicyclic amines) is 1. The van der Waals surface area contributed by atoms with Gasteiger partial charge in [0.15, 0.2) is 0 Å². The highest BCUT2D eigenvalue weighted by atomic mass is 35.5. The number of nitrogens with one attached hydrogen (secondary N) is 1. The molecule has 1 aromatic heterocycles. The third kappa shape index (κ3) is 7.79. The maximum Gasteiger partial charge on any atom is 0.254 e. The smallest absolute Gasteiger partial charge is 0.254 e. The number of nitrogens with zero attached hydrogens (tertiary/aromatic N) is 4. The number of piperidine rings is 1. The van der Waals surface area contributed by atoms with Crippen molar-refractivity contribution in [2.75, 3.05) is 24.5 Å². The summed E-state index contributed by atoms with van der Waals surface area (Å²) < 4.78 is 38.2. The first kappa shape index (κ1) is 30.8. The lowest BCUT2D eigenvalue weighted by molar-refractivity contribution is 0.0943. The molecule has 2 heterocycles. The molecule has 3 aromatic rings. The molecule has 4 rings (SSSR count).